The number of halogens is 1. The summed E-state index contributed by atoms with van der Waals surface area (Å²) in [5, 5.41) is 3.25. The number of esters is 2. The molecule has 0 saturated carbocycles. The first-order chi connectivity index (χ1) is 14.3. The van der Waals surface area contributed by atoms with Crippen LogP contribution in [0.3, 0.4) is 0 Å². The molecule has 0 saturated heterocycles. The van der Waals surface area contributed by atoms with Gasteiger partial charge in [-0.05, 0) is 43.4 Å². The lowest BCUT2D eigenvalue weighted by molar-refractivity contribution is -0.151. The number of benzene rings is 1. The summed E-state index contributed by atoms with van der Waals surface area (Å²) in [7, 11) is 1.29. The molecule has 1 heterocycles. The molecule has 1 aromatic carbocycles. The first kappa shape index (κ1) is 22.3. The van der Waals surface area contributed by atoms with Gasteiger partial charge in [0.05, 0.1) is 19.3 Å². The van der Waals surface area contributed by atoms with Crippen molar-refractivity contribution in [3.05, 3.63) is 56.8 Å². The standard InChI is InChI=1S/C23H26BrNO5/c1-5-9-30-23(28)18-13(3)25-16-10-12(2)17(22(27)29-4)21(26)20(16)19(18)14-7-6-8-15(24)11-14/h6-8,11-12,17,19,25H,5,9-10H2,1-4H3. The Morgan fingerprint density at radius 1 is 1.30 bits per heavy atom. The molecule has 0 amide bonds. The van der Waals surface area contributed by atoms with Gasteiger partial charge < -0.3 is 14.8 Å². The Bertz CT molecular complexity index is 949. The minimum atomic E-state index is -0.892. The molecule has 3 rings (SSSR count). The lowest BCUT2D eigenvalue weighted by Crippen LogP contribution is -2.43. The van der Waals surface area contributed by atoms with Crippen molar-refractivity contribution >= 4 is 33.7 Å². The van der Waals surface area contributed by atoms with Crippen LogP contribution in [0.5, 0.6) is 0 Å². The number of rotatable bonds is 5. The van der Waals surface area contributed by atoms with Gasteiger partial charge in [-0.25, -0.2) is 4.79 Å². The summed E-state index contributed by atoms with van der Waals surface area (Å²) in [4.78, 5) is 38.9. The third-order valence-electron chi connectivity index (χ3n) is 5.58. The normalized spacial score (nSPS) is 23.6. The zero-order chi connectivity index (χ0) is 22.0. The van der Waals surface area contributed by atoms with E-state index in [1.807, 2.05) is 45.0 Å². The van der Waals surface area contributed by atoms with Crippen LogP contribution in [-0.4, -0.2) is 31.4 Å². The van der Waals surface area contributed by atoms with E-state index in [2.05, 4.69) is 21.2 Å². The van der Waals surface area contributed by atoms with Crippen molar-refractivity contribution < 1.29 is 23.9 Å². The van der Waals surface area contributed by atoms with Crippen LogP contribution in [-0.2, 0) is 23.9 Å². The number of methoxy groups -OCH3 is 1. The molecule has 1 aliphatic carbocycles. The minimum absolute atomic E-state index is 0.208. The summed E-state index contributed by atoms with van der Waals surface area (Å²) >= 11 is 3.48. The molecular weight excluding hydrogens is 450 g/mol. The fourth-order valence-corrected chi connectivity index (χ4v) is 4.66. The fourth-order valence-electron chi connectivity index (χ4n) is 4.24. The van der Waals surface area contributed by atoms with Gasteiger partial charge in [-0.2, -0.15) is 0 Å². The maximum absolute atomic E-state index is 13.5. The van der Waals surface area contributed by atoms with E-state index >= 15 is 0 Å². The molecule has 2 aliphatic rings. The molecule has 6 nitrogen and oxygen atoms in total. The van der Waals surface area contributed by atoms with Gasteiger partial charge in [0.25, 0.3) is 0 Å². The van der Waals surface area contributed by atoms with Crippen LogP contribution >= 0.6 is 15.9 Å². The molecule has 0 aromatic heterocycles. The van der Waals surface area contributed by atoms with Crippen molar-refractivity contribution in [3.8, 4) is 0 Å². The quantitative estimate of drug-likeness (QED) is 0.511. The summed E-state index contributed by atoms with van der Waals surface area (Å²) in [6, 6.07) is 7.51. The largest absolute Gasteiger partial charge is 0.468 e. The van der Waals surface area contributed by atoms with Gasteiger partial charge in [-0.15, -0.1) is 0 Å². The van der Waals surface area contributed by atoms with E-state index < -0.39 is 23.8 Å². The number of carbonyl (C=O) groups excluding carboxylic acids is 3. The number of Topliss-reactive ketones (excluding diaryl/α,β-unsaturated/α-hetero) is 1. The number of ketones is 1. The molecule has 3 atom stereocenters. The van der Waals surface area contributed by atoms with E-state index in [0.29, 0.717) is 36.3 Å². The monoisotopic (exact) mass is 475 g/mol. The highest BCUT2D eigenvalue weighted by molar-refractivity contribution is 9.10. The van der Waals surface area contributed by atoms with E-state index in [-0.39, 0.29) is 11.7 Å². The minimum Gasteiger partial charge on any atom is -0.468 e. The zero-order valence-electron chi connectivity index (χ0n) is 17.6. The SMILES string of the molecule is CCCOC(=O)C1=C(C)NC2=C(C(=O)C(C(=O)OC)C(C)C2)C1c1cccc(Br)c1. The summed E-state index contributed by atoms with van der Waals surface area (Å²) < 4.78 is 11.2. The smallest absolute Gasteiger partial charge is 0.336 e. The number of allylic oxidation sites excluding steroid dienone is 3. The number of ether oxygens (including phenoxy) is 2. The van der Waals surface area contributed by atoms with Crippen LogP contribution in [0, 0.1) is 11.8 Å². The highest BCUT2D eigenvalue weighted by atomic mass is 79.9. The van der Waals surface area contributed by atoms with Gasteiger partial charge in [-0.3, -0.25) is 9.59 Å². The molecule has 160 valence electrons. The third kappa shape index (κ3) is 4.08. The van der Waals surface area contributed by atoms with Crippen LogP contribution in [0.25, 0.3) is 0 Å². The Balaban J connectivity index is 2.16. The summed E-state index contributed by atoms with van der Waals surface area (Å²) in [6.07, 6.45) is 1.21. The third-order valence-corrected chi connectivity index (χ3v) is 6.08. The Hall–Kier alpha value is -2.41. The molecule has 0 spiro atoms. The van der Waals surface area contributed by atoms with Gasteiger partial charge in [0, 0.05) is 27.4 Å². The summed E-state index contributed by atoms with van der Waals surface area (Å²) in [5.74, 6) is -3.03. The molecule has 1 aliphatic heterocycles. The Labute approximate surface area is 184 Å². The van der Waals surface area contributed by atoms with Crippen LogP contribution in [0.15, 0.2) is 51.3 Å². The maximum atomic E-state index is 13.5. The van der Waals surface area contributed by atoms with Gasteiger partial charge in [-0.1, -0.05) is 41.9 Å². The van der Waals surface area contributed by atoms with Gasteiger partial charge in [0.15, 0.2) is 5.78 Å². The molecule has 1 aromatic rings. The van der Waals surface area contributed by atoms with Crippen molar-refractivity contribution in [2.75, 3.05) is 13.7 Å². The first-order valence-corrected chi connectivity index (χ1v) is 10.8. The summed E-state index contributed by atoms with van der Waals surface area (Å²) in [5.41, 5.74) is 3.04. The number of nitrogens with one attached hydrogen (secondary N) is 1. The Morgan fingerprint density at radius 2 is 2.03 bits per heavy atom. The molecular formula is C23H26BrNO5. The van der Waals surface area contributed by atoms with Gasteiger partial charge >= 0.3 is 11.9 Å². The van der Waals surface area contributed by atoms with Gasteiger partial charge in [0.1, 0.15) is 5.92 Å². The molecule has 3 unspecified atom stereocenters. The molecule has 1 N–H and O–H groups in total. The van der Waals surface area contributed by atoms with Crippen LogP contribution < -0.4 is 5.32 Å². The van der Waals surface area contributed by atoms with E-state index in [0.717, 1.165) is 15.7 Å². The first-order valence-electron chi connectivity index (χ1n) is 10.1. The second-order valence-corrected chi connectivity index (χ2v) is 8.64. The summed E-state index contributed by atoms with van der Waals surface area (Å²) in [6.45, 7) is 5.90. The van der Waals surface area contributed by atoms with Crippen molar-refractivity contribution in [1.82, 2.24) is 5.32 Å². The average molecular weight is 476 g/mol. The van der Waals surface area contributed by atoms with E-state index in [9.17, 15) is 14.4 Å². The van der Waals surface area contributed by atoms with Crippen molar-refractivity contribution in [2.24, 2.45) is 11.8 Å². The van der Waals surface area contributed by atoms with Crippen LogP contribution in [0.4, 0.5) is 0 Å². The molecule has 7 heteroatoms. The molecule has 30 heavy (non-hydrogen) atoms. The second-order valence-electron chi connectivity index (χ2n) is 7.73. The fraction of sp³-hybridized carbons (Fsp3) is 0.435. The van der Waals surface area contributed by atoms with Crippen LogP contribution in [0.1, 0.15) is 45.1 Å². The predicted molar refractivity (Wildman–Crippen MR) is 115 cm³/mol. The lowest BCUT2D eigenvalue weighted by atomic mass is 9.69. The van der Waals surface area contributed by atoms with E-state index in [4.69, 9.17) is 9.47 Å². The highest BCUT2D eigenvalue weighted by Crippen LogP contribution is 2.45. The lowest BCUT2D eigenvalue weighted by Gasteiger charge is -2.38. The number of carbonyl (C=O) groups is 3. The van der Waals surface area contributed by atoms with Crippen molar-refractivity contribution in [3.63, 3.8) is 0 Å². The number of dihydropyridines is 1. The average Bonchev–Trinajstić information content (AvgIpc) is 2.70. The zero-order valence-corrected chi connectivity index (χ0v) is 19.2. The predicted octanol–water partition coefficient (Wildman–Crippen LogP) is 4.02. The maximum Gasteiger partial charge on any atom is 0.336 e. The van der Waals surface area contributed by atoms with Crippen molar-refractivity contribution in [2.45, 2.75) is 39.5 Å². The van der Waals surface area contributed by atoms with E-state index in [1.54, 1.807) is 0 Å². The van der Waals surface area contributed by atoms with Crippen LogP contribution in [0.2, 0.25) is 0 Å². The Kier molecular flexibility index (Phi) is 6.81. The molecule has 0 fully saturated rings. The number of hydrogen-bond acceptors (Lipinski definition) is 6. The van der Waals surface area contributed by atoms with Gasteiger partial charge in [0.2, 0.25) is 0 Å². The topological polar surface area (TPSA) is 81.7 Å². The molecule has 0 bridgehead atoms. The van der Waals surface area contributed by atoms with E-state index in [1.165, 1.54) is 7.11 Å². The Morgan fingerprint density at radius 3 is 2.67 bits per heavy atom. The van der Waals surface area contributed by atoms with Crippen molar-refractivity contribution in [1.29, 1.82) is 0 Å². The highest BCUT2D eigenvalue weighted by Gasteiger charge is 2.47. The molecule has 0 radical (unpaired) electrons. The second kappa shape index (κ2) is 9.16. The number of hydrogen-bond donors (Lipinski definition) is 1.